The van der Waals surface area contributed by atoms with Crippen LogP contribution in [0.15, 0.2) is 24.3 Å². The van der Waals surface area contributed by atoms with Gasteiger partial charge in [-0.3, -0.25) is 0 Å². The van der Waals surface area contributed by atoms with Crippen LogP contribution in [0.2, 0.25) is 0 Å². The smallest absolute Gasteiger partial charge is 0.137 e. The molecule has 1 aliphatic rings. The van der Waals surface area contributed by atoms with Gasteiger partial charge in [-0.05, 0) is 37.5 Å². The predicted octanol–water partition coefficient (Wildman–Crippen LogP) is 3.26. The first-order valence-electron chi connectivity index (χ1n) is 7.49. The van der Waals surface area contributed by atoms with Gasteiger partial charge >= 0.3 is 0 Å². The highest BCUT2D eigenvalue weighted by Gasteiger charge is 2.20. The molecule has 1 heterocycles. The number of benzene rings is 1. The maximum Gasteiger partial charge on any atom is 0.137 e. The summed E-state index contributed by atoms with van der Waals surface area (Å²) in [6.45, 7) is 2.06. The molecule has 1 aromatic carbocycles. The molecule has 2 N–H and O–H groups in total. The van der Waals surface area contributed by atoms with E-state index in [-0.39, 0.29) is 0 Å². The van der Waals surface area contributed by atoms with Crippen LogP contribution in [0, 0.1) is 6.92 Å². The van der Waals surface area contributed by atoms with Crippen LogP contribution in [-0.2, 0) is 6.42 Å². The van der Waals surface area contributed by atoms with E-state index in [9.17, 15) is 0 Å². The van der Waals surface area contributed by atoms with Crippen molar-refractivity contribution in [3.8, 4) is 0 Å². The molecular weight excluding hydrogens is 248 g/mol. The lowest BCUT2D eigenvalue weighted by molar-refractivity contribution is 0.342. The van der Waals surface area contributed by atoms with Gasteiger partial charge in [-0.1, -0.05) is 31.4 Å². The molecule has 2 aromatic rings. The van der Waals surface area contributed by atoms with E-state index < -0.39 is 0 Å². The van der Waals surface area contributed by atoms with Gasteiger partial charge in [-0.2, -0.15) is 0 Å². The molecular formula is C16H22N4. The molecule has 4 nitrogen and oxygen atoms in total. The van der Waals surface area contributed by atoms with E-state index in [1.165, 1.54) is 37.7 Å². The van der Waals surface area contributed by atoms with Crippen LogP contribution in [0.4, 0.5) is 5.69 Å². The fraction of sp³-hybridized carbons (Fsp3) is 0.500. The number of nitrogens with two attached hydrogens (primary N) is 1. The summed E-state index contributed by atoms with van der Waals surface area (Å²) in [6, 6.07) is 8.63. The van der Waals surface area contributed by atoms with E-state index in [1.807, 2.05) is 12.1 Å². The van der Waals surface area contributed by atoms with Gasteiger partial charge in [0.15, 0.2) is 0 Å². The highest BCUT2D eigenvalue weighted by Crippen LogP contribution is 2.30. The third kappa shape index (κ3) is 2.69. The van der Waals surface area contributed by atoms with Crippen LogP contribution in [0.3, 0.4) is 0 Å². The Labute approximate surface area is 120 Å². The molecule has 0 aliphatic heterocycles. The molecule has 0 spiro atoms. The first kappa shape index (κ1) is 13.2. The lowest BCUT2D eigenvalue weighted by Crippen LogP contribution is -2.17. The third-order valence-electron chi connectivity index (χ3n) is 4.22. The van der Waals surface area contributed by atoms with Crippen molar-refractivity contribution in [2.45, 2.75) is 51.5 Å². The number of aromatic nitrogens is 3. The van der Waals surface area contributed by atoms with E-state index in [2.05, 4.69) is 33.8 Å². The van der Waals surface area contributed by atoms with Crippen molar-refractivity contribution >= 4 is 5.69 Å². The normalized spacial score (nSPS) is 16.4. The van der Waals surface area contributed by atoms with E-state index >= 15 is 0 Å². The summed E-state index contributed by atoms with van der Waals surface area (Å²) in [7, 11) is 0. The molecule has 0 saturated heterocycles. The second-order valence-electron chi connectivity index (χ2n) is 5.74. The molecule has 0 amide bonds. The molecule has 20 heavy (non-hydrogen) atoms. The molecule has 0 atom stereocenters. The first-order chi connectivity index (χ1) is 9.74. The summed E-state index contributed by atoms with van der Waals surface area (Å²) in [5.74, 6) is 2.13. The van der Waals surface area contributed by atoms with Gasteiger partial charge in [0, 0.05) is 18.2 Å². The number of hydrogen-bond acceptors (Lipinski definition) is 3. The Bertz CT molecular complexity index is 565. The maximum absolute atomic E-state index is 5.74. The SMILES string of the molecule is Cc1nnc(Cc2ccc(N)cc2)n1C1CCCCC1. The summed E-state index contributed by atoms with van der Waals surface area (Å²) < 4.78 is 2.36. The van der Waals surface area contributed by atoms with Gasteiger partial charge in [0.25, 0.3) is 0 Å². The van der Waals surface area contributed by atoms with Crippen LogP contribution < -0.4 is 5.73 Å². The van der Waals surface area contributed by atoms with E-state index in [0.717, 1.165) is 23.8 Å². The number of nitrogen functional groups attached to an aromatic ring is 1. The second-order valence-corrected chi connectivity index (χ2v) is 5.74. The summed E-state index contributed by atoms with van der Waals surface area (Å²) in [5, 5.41) is 8.68. The van der Waals surface area contributed by atoms with Crippen molar-refractivity contribution in [2.75, 3.05) is 5.73 Å². The average molecular weight is 270 g/mol. The Kier molecular flexibility index (Phi) is 3.72. The standard InChI is InChI=1S/C16H22N4/c1-12-18-19-16(11-13-7-9-14(17)10-8-13)20(12)15-5-3-2-4-6-15/h7-10,15H,2-6,11,17H2,1H3. The van der Waals surface area contributed by atoms with Crippen LogP contribution in [0.5, 0.6) is 0 Å². The van der Waals surface area contributed by atoms with Gasteiger partial charge in [-0.25, -0.2) is 0 Å². The van der Waals surface area contributed by atoms with Gasteiger partial charge in [0.1, 0.15) is 11.6 Å². The first-order valence-corrected chi connectivity index (χ1v) is 7.49. The zero-order chi connectivity index (χ0) is 13.9. The molecule has 0 radical (unpaired) electrons. The monoisotopic (exact) mass is 270 g/mol. The highest BCUT2D eigenvalue weighted by atomic mass is 15.3. The van der Waals surface area contributed by atoms with Crippen molar-refractivity contribution < 1.29 is 0 Å². The molecule has 4 heteroatoms. The van der Waals surface area contributed by atoms with Crippen LogP contribution in [-0.4, -0.2) is 14.8 Å². The van der Waals surface area contributed by atoms with Crippen molar-refractivity contribution in [1.29, 1.82) is 0 Å². The summed E-state index contributed by atoms with van der Waals surface area (Å²) in [4.78, 5) is 0. The van der Waals surface area contributed by atoms with Crippen LogP contribution >= 0.6 is 0 Å². The van der Waals surface area contributed by atoms with Crippen LogP contribution in [0.25, 0.3) is 0 Å². The minimum absolute atomic E-state index is 0.586. The number of nitrogens with zero attached hydrogens (tertiary/aromatic N) is 3. The fourth-order valence-electron chi connectivity index (χ4n) is 3.17. The Morgan fingerprint density at radius 3 is 2.50 bits per heavy atom. The van der Waals surface area contributed by atoms with Crippen LogP contribution in [0.1, 0.15) is 55.4 Å². The van der Waals surface area contributed by atoms with Crippen molar-refractivity contribution in [3.63, 3.8) is 0 Å². The lowest BCUT2D eigenvalue weighted by atomic mass is 9.95. The highest BCUT2D eigenvalue weighted by molar-refractivity contribution is 5.39. The molecule has 1 aromatic heterocycles. The number of hydrogen-bond donors (Lipinski definition) is 1. The Morgan fingerprint density at radius 1 is 1.10 bits per heavy atom. The van der Waals surface area contributed by atoms with Crippen molar-refractivity contribution in [3.05, 3.63) is 41.5 Å². The molecule has 1 aliphatic carbocycles. The second kappa shape index (κ2) is 5.65. The van der Waals surface area contributed by atoms with Gasteiger partial charge in [0.2, 0.25) is 0 Å². The molecule has 1 fully saturated rings. The van der Waals surface area contributed by atoms with Crippen molar-refractivity contribution in [1.82, 2.24) is 14.8 Å². The van der Waals surface area contributed by atoms with Crippen molar-refractivity contribution in [2.24, 2.45) is 0 Å². The fourth-order valence-corrected chi connectivity index (χ4v) is 3.17. The topological polar surface area (TPSA) is 56.7 Å². The van der Waals surface area contributed by atoms with E-state index in [4.69, 9.17) is 5.73 Å². The number of rotatable bonds is 3. The Morgan fingerprint density at radius 2 is 1.80 bits per heavy atom. The number of anilines is 1. The Balaban J connectivity index is 1.84. The summed E-state index contributed by atoms with van der Waals surface area (Å²) >= 11 is 0. The number of aryl methyl sites for hydroxylation is 1. The predicted molar refractivity (Wildman–Crippen MR) is 80.5 cm³/mol. The molecule has 3 rings (SSSR count). The van der Waals surface area contributed by atoms with E-state index in [1.54, 1.807) is 0 Å². The minimum Gasteiger partial charge on any atom is -0.399 e. The zero-order valence-corrected chi connectivity index (χ0v) is 12.0. The average Bonchev–Trinajstić information content (AvgIpc) is 2.83. The largest absolute Gasteiger partial charge is 0.399 e. The van der Waals surface area contributed by atoms with Gasteiger partial charge < -0.3 is 10.3 Å². The lowest BCUT2D eigenvalue weighted by Gasteiger charge is -2.25. The molecule has 0 bridgehead atoms. The molecule has 1 saturated carbocycles. The Hall–Kier alpha value is -1.84. The zero-order valence-electron chi connectivity index (χ0n) is 12.0. The maximum atomic E-state index is 5.74. The van der Waals surface area contributed by atoms with Gasteiger partial charge in [-0.15, -0.1) is 10.2 Å². The molecule has 106 valence electrons. The quantitative estimate of drug-likeness (QED) is 0.871. The summed E-state index contributed by atoms with van der Waals surface area (Å²) in [5.41, 5.74) is 7.78. The minimum atomic E-state index is 0.586. The summed E-state index contributed by atoms with van der Waals surface area (Å²) in [6.07, 6.45) is 7.36. The third-order valence-corrected chi connectivity index (χ3v) is 4.22. The van der Waals surface area contributed by atoms with Gasteiger partial charge in [0.05, 0.1) is 0 Å². The molecule has 0 unspecified atom stereocenters. The van der Waals surface area contributed by atoms with E-state index in [0.29, 0.717) is 6.04 Å².